The zero-order valence-electron chi connectivity index (χ0n) is 12.6. The van der Waals surface area contributed by atoms with E-state index in [1.165, 1.54) is 0 Å². The number of ketones is 1. The van der Waals surface area contributed by atoms with Crippen LogP contribution in [-0.2, 0) is 6.54 Å². The van der Waals surface area contributed by atoms with E-state index in [1.807, 2.05) is 65.4 Å². The number of rotatable bonds is 5. The van der Waals surface area contributed by atoms with Crippen LogP contribution in [-0.4, -0.2) is 10.4 Å². The molecule has 0 saturated heterocycles. The minimum absolute atomic E-state index is 0.0148. The van der Waals surface area contributed by atoms with E-state index in [4.69, 9.17) is 11.6 Å². The Morgan fingerprint density at radius 3 is 2.61 bits per heavy atom. The van der Waals surface area contributed by atoms with Gasteiger partial charge in [0.05, 0.1) is 0 Å². The molecule has 0 amide bonds. The Bertz CT molecular complexity index is 888. The first-order valence-electron chi connectivity index (χ1n) is 7.36. The minimum atomic E-state index is -0.0148. The van der Waals surface area contributed by atoms with E-state index in [9.17, 15) is 4.79 Å². The fraction of sp³-hybridized carbons (Fsp3) is 0.0500. The molecule has 0 aliphatic carbocycles. The average Bonchev–Trinajstić information content (AvgIpc) is 2.94. The van der Waals surface area contributed by atoms with Gasteiger partial charge in [-0.25, -0.2) is 0 Å². The van der Waals surface area contributed by atoms with Crippen molar-refractivity contribution in [2.75, 3.05) is 0 Å². The summed E-state index contributed by atoms with van der Waals surface area (Å²) in [6.45, 7) is 4.44. The predicted octanol–water partition coefficient (Wildman–Crippen LogP) is 5.38. The molecule has 23 heavy (non-hydrogen) atoms. The number of allylic oxidation sites excluding steroid dienone is 2. The zero-order chi connectivity index (χ0) is 16.2. The lowest BCUT2D eigenvalue weighted by Gasteiger charge is -1.98. The van der Waals surface area contributed by atoms with Crippen LogP contribution in [0.15, 0.2) is 73.5 Å². The Labute approximate surface area is 140 Å². The number of halogens is 1. The van der Waals surface area contributed by atoms with Crippen LogP contribution in [0.25, 0.3) is 17.0 Å². The van der Waals surface area contributed by atoms with Gasteiger partial charge >= 0.3 is 0 Å². The van der Waals surface area contributed by atoms with Crippen molar-refractivity contribution >= 4 is 34.4 Å². The quantitative estimate of drug-likeness (QED) is 0.351. The van der Waals surface area contributed by atoms with Crippen molar-refractivity contribution in [1.82, 2.24) is 4.57 Å². The highest BCUT2D eigenvalue weighted by Crippen LogP contribution is 2.22. The number of benzene rings is 2. The molecular weight excluding hydrogens is 306 g/mol. The molecule has 0 fully saturated rings. The molecule has 0 aliphatic heterocycles. The maximum absolute atomic E-state index is 12.6. The van der Waals surface area contributed by atoms with E-state index in [0.717, 1.165) is 16.5 Å². The second-order valence-corrected chi connectivity index (χ2v) is 5.69. The van der Waals surface area contributed by atoms with Crippen molar-refractivity contribution in [3.05, 3.63) is 89.6 Å². The summed E-state index contributed by atoms with van der Waals surface area (Å²) in [6.07, 6.45) is 7.12. The Hall–Kier alpha value is -2.58. The third kappa shape index (κ3) is 3.27. The lowest BCUT2D eigenvalue weighted by molar-refractivity contribution is 0.104. The number of carbonyl (C=O) groups excluding carboxylic acids is 1. The van der Waals surface area contributed by atoms with Gasteiger partial charge in [-0.1, -0.05) is 54.1 Å². The van der Waals surface area contributed by atoms with Crippen molar-refractivity contribution < 1.29 is 4.79 Å². The Morgan fingerprint density at radius 1 is 1.13 bits per heavy atom. The van der Waals surface area contributed by atoms with Crippen LogP contribution in [0.3, 0.4) is 0 Å². The summed E-state index contributed by atoms with van der Waals surface area (Å²) in [4.78, 5) is 12.6. The maximum Gasteiger partial charge on any atom is 0.188 e. The first-order valence-corrected chi connectivity index (χ1v) is 7.73. The molecule has 0 bridgehead atoms. The van der Waals surface area contributed by atoms with E-state index in [0.29, 0.717) is 17.1 Å². The molecule has 3 heteroatoms. The molecule has 0 N–H and O–H groups in total. The summed E-state index contributed by atoms with van der Waals surface area (Å²) in [6, 6.07) is 15.3. The number of fused-ring (bicyclic) bond motifs is 1. The summed E-state index contributed by atoms with van der Waals surface area (Å²) >= 11 is 5.87. The lowest BCUT2D eigenvalue weighted by Crippen LogP contribution is -1.94. The monoisotopic (exact) mass is 321 g/mol. The van der Waals surface area contributed by atoms with Crippen LogP contribution in [0.2, 0.25) is 5.02 Å². The highest BCUT2D eigenvalue weighted by molar-refractivity contribution is 6.30. The molecule has 0 aliphatic rings. The van der Waals surface area contributed by atoms with Crippen molar-refractivity contribution in [1.29, 1.82) is 0 Å². The lowest BCUT2D eigenvalue weighted by atomic mass is 10.1. The molecule has 2 aromatic carbocycles. The van der Waals surface area contributed by atoms with Gasteiger partial charge in [0, 0.05) is 34.2 Å². The molecule has 0 spiro atoms. The van der Waals surface area contributed by atoms with Crippen LogP contribution in [0, 0.1) is 0 Å². The van der Waals surface area contributed by atoms with Crippen molar-refractivity contribution in [2.45, 2.75) is 6.54 Å². The van der Waals surface area contributed by atoms with Crippen LogP contribution in [0.5, 0.6) is 0 Å². The standard InChI is InChI=1S/C20H16ClNO/c1-2-13-22-14-18(17-5-3-4-6-19(17)22)20(23)12-9-15-7-10-16(21)11-8-15/h2-12,14H,1,13H2/b12-9+. The van der Waals surface area contributed by atoms with Crippen molar-refractivity contribution in [3.63, 3.8) is 0 Å². The molecule has 0 unspecified atom stereocenters. The van der Waals surface area contributed by atoms with Crippen LogP contribution in [0.1, 0.15) is 15.9 Å². The van der Waals surface area contributed by atoms with E-state index in [2.05, 4.69) is 6.58 Å². The first-order chi connectivity index (χ1) is 11.2. The summed E-state index contributed by atoms with van der Waals surface area (Å²) in [5.41, 5.74) is 2.68. The van der Waals surface area contributed by atoms with E-state index >= 15 is 0 Å². The summed E-state index contributed by atoms with van der Waals surface area (Å²) < 4.78 is 2.03. The van der Waals surface area contributed by atoms with Gasteiger partial charge in [-0.3, -0.25) is 4.79 Å². The fourth-order valence-corrected chi connectivity index (χ4v) is 2.69. The molecule has 3 rings (SSSR count). The van der Waals surface area contributed by atoms with Gasteiger partial charge < -0.3 is 4.57 Å². The van der Waals surface area contributed by atoms with Gasteiger partial charge in [-0.05, 0) is 29.8 Å². The summed E-state index contributed by atoms with van der Waals surface area (Å²) in [7, 11) is 0. The Morgan fingerprint density at radius 2 is 1.87 bits per heavy atom. The number of hydrogen-bond donors (Lipinski definition) is 0. The second kappa shape index (κ2) is 6.67. The van der Waals surface area contributed by atoms with Crippen LogP contribution >= 0.6 is 11.6 Å². The number of carbonyl (C=O) groups is 1. The number of nitrogens with zero attached hydrogens (tertiary/aromatic N) is 1. The Balaban J connectivity index is 1.94. The Kier molecular flexibility index (Phi) is 4.45. The third-order valence-corrected chi connectivity index (χ3v) is 3.93. The SMILES string of the molecule is C=CCn1cc(C(=O)/C=C/c2ccc(Cl)cc2)c2ccccc21. The maximum atomic E-state index is 12.6. The van der Waals surface area contributed by atoms with E-state index in [-0.39, 0.29) is 5.78 Å². The molecule has 1 heterocycles. The summed E-state index contributed by atoms with van der Waals surface area (Å²) in [5.74, 6) is -0.0148. The van der Waals surface area contributed by atoms with Gasteiger partial charge in [0.25, 0.3) is 0 Å². The third-order valence-electron chi connectivity index (χ3n) is 3.68. The molecule has 0 atom stereocenters. The molecular formula is C20H16ClNO. The number of para-hydroxylation sites is 1. The normalized spacial score (nSPS) is 11.2. The second-order valence-electron chi connectivity index (χ2n) is 5.25. The predicted molar refractivity (Wildman–Crippen MR) is 97.0 cm³/mol. The van der Waals surface area contributed by atoms with Gasteiger partial charge in [-0.15, -0.1) is 6.58 Å². The zero-order valence-corrected chi connectivity index (χ0v) is 13.3. The molecule has 3 aromatic rings. The van der Waals surface area contributed by atoms with Crippen molar-refractivity contribution in [3.8, 4) is 0 Å². The molecule has 114 valence electrons. The highest BCUT2D eigenvalue weighted by atomic mass is 35.5. The van der Waals surface area contributed by atoms with Gasteiger partial charge in [-0.2, -0.15) is 0 Å². The molecule has 0 radical (unpaired) electrons. The largest absolute Gasteiger partial charge is 0.343 e. The topological polar surface area (TPSA) is 22.0 Å². The van der Waals surface area contributed by atoms with Gasteiger partial charge in [0.2, 0.25) is 0 Å². The summed E-state index contributed by atoms with van der Waals surface area (Å²) in [5, 5.41) is 1.64. The smallest absolute Gasteiger partial charge is 0.188 e. The number of aromatic nitrogens is 1. The highest BCUT2D eigenvalue weighted by Gasteiger charge is 2.12. The van der Waals surface area contributed by atoms with E-state index in [1.54, 1.807) is 12.2 Å². The first kappa shape index (κ1) is 15.3. The van der Waals surface area contributed by atoms with Crippen LogP contribution in [0.4, 0.5) is 0 Å². The van der Waals surface area contributed by atoms with Gasteiger partial charge in [0.1, 0.15) is 0 Å². The van der Waals surface area contributed by atoms with E-state index < -0.39 is 0 Å². The minimum Gasteiger partial charge on any atom is -0.343 e. The molecule has 2 nitrogen and oxygen atoms in total. The fourth-order valence-electron chi connectivity index (χ4n) is 2.57. The molecule has 0 saturated carbocycles. The van der Waals surface area contributed by atoms with Gasteiger partial charge in [0.15, 0.2) is 5.78 Å². The number of hydrogen-bond acceptors (Lipinski definition) is 1. The average molecular weight is 322 g/mol. The van der Waals surface area contributed by atoms with Crippen LogP contribution < -0.4 is 0 Å². The van der Waals surface area contributed by atoms with Crippen molar-refractivity contribution in [2.24, 2.45) is 0 Å². The molecule has 1 aromatic heterocycles.